The van der Waals surface area contributed by atoms with Crippen LogP contribution in [0, 0.1) is 13.8 Å². The molecule has 0 saturated carbocycles. The molecule has 0 aliphatic carbocycles. The summed E-state index contributed by atoms with van der Waals surface area (Å²) in [5.74, 6) is -1.79. The van der Waals surface area contributed by atoms with E-state index >= 15 is 0 Å². The number of nitrogens with zero attached hydrogens (tertiary/aromatic N) is 3. The third kappa shape index (κ3) is 6.45. The Morgan fingerprint density at radius 3 is 2.55 bits per heavy atom. The summed E-state index contributed by atoms with van der Waals surface area (Å²) in [7, 11) is 0. The number of rotatable bonds is 7. The van der Waals surface area contributed by atoms with Gasteiger partial charge < -0.3 is 14.8 Å². The van der Waals surface area contributed by atoms with E-state index in [4.69, 9.17) is 16.3 Å². The normalized spacial score (nSPS) is 11.2. The molecule has 2 aromatic heterocycles. The molecule has 0 aliphatic heterocycles. The molecule has 2 heterocycles. The highest BCUT2D eigenvalue weighted by Gasteiger charge is 2.32. The highest BCUT2D eigenvalue weighted by molar-refractivity contribution is 6.33. The number of pyridine rings is 1. The van der Waals surface area contributed by atoms with Gasteiger partial charge in [0.2, 0.25) is 0 Å². The fraction of sp³-hybridized carbons (Fsp3) is 0.238. The van der Waals surface area contributed by atoms with Crippen molar-refractivity contribution in [1.29, 1.82) is 0 Å². The number of hydrogen-bond donors (Lipinski definition) is 1. The molecule has 0 saturated heterocycles. The Hall–Kier alpha value is -3.60. The van der Waals surface area contributed by atoms with Crippen LogP contribution in [0.4, 0.5) is 13.2 Å². The van der Waals surface area contributed by atoms with Crippen LogP contribution in [0.5, 0.6) is 5.75 Å². The Morgan fingerprint density at radius 1 is 1.15 bits per heavy atom. The van der Waals surface area contributed by atoms with E-state index in [1.54, 1.807) is 13.0 Å². The molecule has 0 aliphatic rings. The Morgan fingerprint density at radius 2 is 1.88 bits per heavy atom. The smallest absolute Gasteiger partial charge is 0.451 e. The first-order chi connectivity index (χ1) is 15.5. The largest absolute Gasteiger partial charge is 0.573 e. The summed E-state index contributed by atoms with van der Waals surface area (Å²) >= 11 is 6.05. The van der Waals surface area contributed by atoms with Crippen molar-refractivity contribution in [3.05, 3.63) is 70.1 Å². The summed E-state index contributed by atoms with van der Waals surface area (Å²) in [6, 6.07) is 10.2. The number of ether oxygens (including phenoxy) is 2. The summed E-state index contributed by atoms with van der Waals surface area (Å²) in [4.78, 5) is 28.6. The predicted octanol–water partition coefficient (Wildman–Crippen LogP) is 3.91. The number of para-hydroxylation sites is 1. The van der Waals surface area contributed by atoms with Gasteiger partial charge in [0.15, 0.2) is 18.1 Å². The number of benzene rings is 1. The first-order valence-corrected chi connectivity index (χ1v) is 9.89. The Bertz CT molecular complexity index is 1180. The number of esters is 1. The van der Waals surface area contributed by atoms with Crippen molar-refractivity contribution in [2.45, 2.75) is 26.8 Å². The fourth-order valence-corrected chi connectivity index (χ4v) is 3.05. The lowest BCUT2D eigenvalue weighted by Crippen LogP contribution is -2.29. The summed E-state index contributed by atoms with van der Waals surface area (Å²) < 4.78 is 47.9. The van der Waals surface area contributed by atoms with Crippen molar-refractivity contribution in [3.63, 3.8) is 0 Å². The van der Waals surface area contributed by atoms with Crippen molar-refractivity contribution < 1.29 is 32.2 Å². The highest BCUT2D eigenvalue weighted by Crippen LogP contribution is 2.26. The number of hydrogen-bond acceptors (Lipinski definition) is 6. The number of amides is 1. The minimum absolute atomic E-state index is 0.0175. The first-order valence-electron chi connectivity index (χ1n) is 9.51. The molecule has 3 rings (SSSR count). The van der Waals surface area contributed by atoms with E-state index in [0.29, 0.717) is 5.82 Å². The van der Waals surface area contributed by atoms with E-state index in [0.717, 1.165) is 17.5 Å². The minimum atomic E-state index is -4.87. The SMILES string of the molecule is Cc1cc(C)n(-c2ccc(Cl)c(C(=O)OCC(=O)NCc3ccccc3OC(F)(F)F)n2)n1. The standard InChI is InChI=1S/C21H18ClF3N4O4/c1-12-9-13(2)29(28-12)17-8-7-15(22)19(27-17)20(31)32-11-18(30)26-10-14-5-3-4-6-16(14)33-21(23,24)25/h3-9H,10-11H2,1-2H3,(H,26,30). The number of carbonyl (C=O) groups excluding carboxylic acids is 2. The van der Waals surface area contributed by atoms with Crippen LogP contribution in [0.25, 0.3) is 5.82 Å². The molecule has 8 nitrogen and oxygen atoms in total. The van der Waals surface area contributed by atoms with Gasteiger partial charge in [-0.15, -0.1) is 13.2 Å². The maximum atomic E-state index is 12.5. The van der Waals surface area contributed by atoms with E-state index in [1.807, 2.05) is 13.0 Å². The van der Waals surface area contributed by atoms with Crippen LogP contribution in [0.2, 0.25) is 5.02 Å². The van der Waals surface area contributed by atoms with Gasteiger partial charge in [-0.2, -0.15) is 5.10 Å². The van der Waals surface area contributed by atoms with Crippen LogP contribution >= 0.6 is 11.6 Å². The molecule has 0 atom stereocenters. The topological polar surface area (TPSA) is 95.3 Å². The number of aryl methyl sites for hydroxylation is 2. The summed E-state index contributed by atoms with van der Waals surface area (Å²) in [6.07, 6.45) is -4.87. The monoisotopic (exact) mass is 482 g/mol. The van der Waals surface area contributed by atoms with E-state index in [-0.39, 0.29) is 22.8 Å². The third-order valence-electron chi connectivity index (χ3n) is 4.26. The lowest BCUT2D eigenvalue weighted by atomic mass is 10.2. The quantitative estimate of drug-likeness (QED) is 0.513. The minimum Gasteiger partial charge on any atom is -0.451 e. The second-order valence-corrected chi connectivity index (χ2v) is 7.25. The van der Waals surface area contributed by atoms with Crippen LogP contribution in [0.1, 0.15) is 27.4 Å². The van der Waals surface area contributed by atoms with E-state index in [2.05, 4.69) is 20.1 Å². The van der Waals surface area contributed by atoms with Crippen LogP contribution < -0.4 is 10.1 Å². The number of carbonyl (C=O) groups is 2. The van der Waals surface area contributed by atoms with Crippen LogP contribution in [-0.4, -0.2) is 39.6 Å². The van der Waals surface area contributed by atoms with Crippen molar-refractivity contribution in [2.24, 2.45) is 0 Å². The molecule has 0 bridgehead atoms. The van der Waals surface area contributed by atoms with Gasteiger partial charge in [-0.05, 0) is 38.1 Å². The zero-order valence-electron chi connectivity index (χ0n) is 17.4. The molecular formula is C21H18ClF3N4O4. The van der Waals surface area contributed by atoms with Crippen LogP contribution in [0.3, 0.4) is 0 Å². The second kappa shape index (κ2) is 9.90. The molecule has 1 N–H and O–H groups in total. The van der Waals surface area contributed by atoms with Gasteiger partial charge in [-0.3, -0.25) is 4.79 Å². The highest BCUT2D eigenvalue weighted by atomic mass is 35.5. The average molecular weight is 483 g/mol. The molecule has 0 radical (unpaired) electrons. The predicted molar refractivity (Wildman–Crippen MR) is 111 cm³/mol. The lowest BCUT2D eigenvalue weighted by Gasteiger charge is -2.13. The Labute approximate surface area is 191 Å². The van der Waals surface area contributed by atoms with Gasteiger partial charge in [0.05, 0.1) is 10.7 Å². The molecule has 1 amide bonds. The number of nitrogens with one attached hydrogen (secondary N) is 1. The first kappa shape index (κ1) is 24.1. The summed E-state index contributed by atoms with van der Waals surface area (Å²) in [6.45, 7) is 2.66. The zero-order valence-corrected chi connectivity index (χ0v) is 18.2. The molecule has 174 valence electrons. The second-order valence-electron chi connectivity index (χ2n) is 6.85. The van der Waals surface area contributed by atoms with Crippen LogP contribution in [0.15, 0.2) is 42.5 Å². The molecule has 0 fully saturated rings. The van der Waals surface area contributed by atoms with Crippen LogP contribution in [-0.2, 0) is 16.1 Å². The average Bonchev–Trinajstić information content (AvgIpc) is 3.08. The fourth-order valence-electron chi connectivity index (χ4n) is 2.87. The number of halogens is 4. The Kier molecular flexibility index (Phi) is 7.22. The molecule has 0 unspecified atom stereocenters. The molecule has 1 aromatic carbocycles. The van der Waals surface area contributed by atoms with Gasteiger partial charge in [-0.1, -0.05) is 29.8 Å². The molecule has 3 aromatic rings. The molecule has 0 spiro atoms. The van der Waals surface area contributed by atoms with E-state index in [1.165, 1.54) is 28.9 Å². The third-order valence-corrected chi connectivity index (χ3v) is 4.56. The number of aromatic nitrogens is 3. The van der Waals surface area contributed by atoms with Gasteiger partial charge in [0.25, 0.3) is 5.91 Å². The van der Waals surface area contributed by atoms with E-state index in [9.17, 15) is 22.8 Å². The number of alkyl halides is 3. The van der Waals surface area contributed by atoms with Crippen molar-refractivity contribution >= 4 is 23.5 Å². The molecular weight excluding hydrogens is 465 g/mol. The van der Waals surface area contributed by atoms with E-state index < -0.39 is 30.6 Å². The van der Waals surface area contributed by atoms with Gasteiger partial charge in [0, 0.05) is 17.8 Å². The maximum Gasteiger partial charge on any atom is 0.573 e. The summed E-state index contributed by atoms with van der Waals surface area (Å²) in [5.41, 5.74) is 1.43. The van der Waals surface area contributed by atoms with Crippen molar-refractivity contribution in [2.75, 3.05) is 6.61 Å². The Balaban J connectivity index is 1.61. The van der Waals surface area contributed by atoms with Gasteiger partial charge >= 0.3 is 12.3 Å². The van der Waals surface area contributed by atoms with Crippen molar-refractivity contribution in [1.82, 2.24) is 20.1 Å². The molecule has 33 heavy (non-hydrogen) atoms. The maximum absolute atomic E-state index is 12.5. The summed E-state index contributed by atoms with van der Waals surface area (Å²) in [5, 5.41) is 6.66. The lowest BCUT2D eigenvalue weighted by molar-refractivity contribution is -0.274. The van der Waals surface area contributed by atoms with Crippen molar-refractivity contribution in [3.8, 4) is 11.6 Å². The van der Waals surface area contributed by atoms with Gasteiger partial charge in [-0.25, -0.2) is 14.5 Å². The molecule has 12 heteroatoms. The zero-order chi connectivity index (χ0) is 24.2. The van der Waals surface area contributed by atoms with Gasteiger partial charge in [0.1, 0.15) is 5.75 Å².